The molecule has 5 heteroatoms. The third-order valence-electron chi connectivity index (χ3n) is 3.16. The van der Waals surface area contributed by atoms with Crippen molar-refractivity contribution < 1.29 is 18.3 Å². The van der Waals surface area contributed by atoms with Gasteiger partial charge in [0.25, 0.3) is 0 Å². The Bertz CT molecular complexity index is 445. The monoisotopic (exact) mass is 269 g/mol. The molecule has 1 atom stereocenters. The van der Waals surface area contributed by atoms with E-state index in [1.165, 1.54) is 0 Å². The van der Waals surface area contributed by atoms with Crippen LogP contribution in [-0.4, -0.2) is 43.0 Å². The molecule has 1 aliphatic rings. The summed E-state index contributed by atoms with van der Waals surface area (Å²) in [6, 6.07) is 2.92. The molecule has 1 unspecified atom stereocenters. The summed E-state index contributed by atoms with van der Waals surface area (Å²) in [5.41, 5.74) is 0.0961. The molecular weight excluding hydrogens is 252 g/mol. The fraction of sp³-hybridized carbons (Fsp3) is 0.500. The largest absolute Gasteiger partial charge is 0.376 e. The molecule has 0 bridgehead atoms. The van der Waals surface area contributed by atoms with Gasteiger partial charge in [-0.05, 0) is 19.1 Å². The second-order valence-electron chi connectivity index (χ2n) is 4.81. The lowest BCUT2D eigenvalue weighted by Gasteiger charge is -2.30. The molecule has 3 nitrogen and oxygen atoms in total. The minimum Gasteiger partial charge on any atom is -0.376 e. The number of ketones is 1. The predicted molar refractivity (Wildman–Crippen MR) is 67.2 cm³/mol. The van der Waals surface area contributed by atoms with Gasteiger partial charge in [0.1, 0.15) is 11.6 Å². The molecule has 104 valence electrons. The summed E-state index contributed by atoms with van der Waals surface area (Å²) in [5.74, 6) is -1.68. The van der Waals surface area contributed by atoms with Gasteiger partial charge >= 0.3 is 0 Å². The Hall–Kier alpha value is -1.33. The minimum absolute atomic E-state index is 0.0961. The number of benzene rings is 1. The number of rotatable bonds is 4. The SMILES string of the molecule is CC1CN(CCC(=O)c2cc(F)cc(F)c2)CCO1. The lowest BCUT2D eigenvalue weighted by molar-refractivity contribution is -0.0180. The number of hydrogen-bond acceptors (Lipinski definition) is 3. The highest BCUT2D eigenvalue weighted by atomic mass is 19.1. The number of hydrogen-bond donors (Lipinski definition) is 0. The number of Topliss-reactive ketones (excluding diaryl/α,β-unsaturated/α-hetero) is 1. The third-order valence-corrected chi connectivity index (χ3v) is 3.16. The first-order valence-electron chi connectivity index (χ1n) is 6.38. The number of carbonyl (C=O) groups is 1. The van der Waals surface area contributed by atoms with Crippen LogP contribution in [-0.2, 0) is 4.74 Å². The second kappa shape index (κ2) is 6.21. The maximum absolute atomic E-state index is 13.0. The molecule has 0 spiro atoms. The predicted octanol–water partition coefficient (Wildman–Crippen LogP) is 2.26. The Labute approximate surface area is 111 Å². The van der Waals surface area contributed by atoms with E-state index in [9.17, 15) is 13.6 Å². The lowest BCUT2D eigenvalue weighted by Crippen LogP contribution is -2.41. The van der Waals surface area contributed by atoms with Crippen LogP contribution in [0.4, 0.5) is 8.78 Å². The van der Waals surface area contributed by atoms with E-state index in [-0.39, 0.29) is 23.9 Å². The van der Waals surface area contributed by atoms with Gasteiger partial charge in [-0.3, -0.25) is 9.69 Å². The zero-order valence-electron chi connectivity index (χ0n) is 10.9. The van der Waals surface area contributed by atoms with Crippen molar-refractivity contribution in [3.63, 3.8) is 0 Å². The highest BCUT2D eigenvalue weighted by Gasteiger charge is 2.18. The molecule has 1 heterocycles. The highest BCUT2D eigenvalue weighted by Crippen LogP contribution is 2.11. The summed E-state index contributed by atoms with van der Waals surface area (Å²) < 4.78 is 31.4. The van der Waals surface area contributed by atoms with E-state index in [0.29, 0.717) is 13.2 Å². The Kier molecular flexibility index (Phi) is 4.61. The van der Waals surface area contributed by atoms with Crippen molar-refractivity contribution in [1.82, 2.24) is 4.90 Å². The number of morpholine rings is 1. The van der Waals surface area contributed by atoms with E-state index in [0.717, 1.165) is 31.3 Å². The van der Waals surface area contributed by atoms with Crippen molar-refractivity contribution >= 4 is 5.78 Å². The van der Waals surface area contributed by atoms with Crippen LogP contribution in [0.2, 0.25) is 0 Å². The molecule has 19 heavy (non-hydrogen) atoms. The van der Waals surface area contributed by atoms with Gasteiger partial charge in [0.2, 0.25) is 0 Å². The van der Waals surface area contributed by atoms with Gasteiger partial charge in [0, 0.05) is 37.7 Å². The average molecular weight is 269 g/mol. The smallest absolute Gasteiger partial charge is 0.164 e. The normalized spacial score (nSPS) is 20.5. The van der Waals surface area contributed by atoms with Gasteiger partial charge in [-0.25, -0.2) is 8.78 Å². The van der Waals surface area contributed by atoms with Crippen LogP contribution < -0.4 is 0 Å². The molecule has 0 N–H and O–H groups in total. The second-order valence-corrected chi connectivity index (χ2v) is 4.81. The van der Waals surface area contributed by atoms with E-state index in [1.807, 2.05) is 6.92 Å². The molecule has 0 aromatic heterocycles. The summed E-state index contributed by atoms with van der Waals surface area (Å²) in [7, 11) is 0. The van der Waals surface area contributed by atoms with Crippen molar-refractivity contribution in [3.05, 3.63) is 35.4 Å². The molecule has 1 aromatic carbocycles. The molecule has 1 aliphatic heterocycles. The van der Waals surface area contributed by atoms with Crippen molar-refractivity contribution in [1.29, 1.82) is 0 Å². The minimum atomic E-state index is -0.719. The summed E-state index contributed by atoms with van der Waals surface area (Å²) >= 11 is 0. The van der Waals surface area contributed by atoms with E-state index < -0.39 is 11.6 Å². The quantitative estimate of drug-likeness (QED) is 0.785. The first-order valence-corrected chi connectivity index (χ1v) is 6.38. The Morgan fingerprint density at radius 1 is 1.37 bits per heavy atom. The van der Waals surface area contributed by atoms with Crippen LogP contribution >= 0.6 is 0 Å². The van der Waals surface area contributed by atoms with Crippen LogP contribution in [0.25, 0.3) is 0 Å². The first-order chi connectivity index (χ1) is 9.04. The average Bonchev–Trinajstić information content (AvgIpc) is 2.35. The maximum atomic E-state index is 13.0. The fourth-order valence-corrected chi connectivity index (χ4v) is 2.21. The molecule has 0 aliphatic carbocycles. The van der Waals surface area contributed by atoms with Crippen LogP contribution in [0, 0.1) is 11.6 Å². The van der Waals surface area contributed by atoms with Gasteiger partial charge in [0.05, 0.1) is 12.7 Å². The summed E-state index contributed by atoms with van der Waals surface area (Å²) in [4.78, 5) is 14.0. The van der Waals surface area contributed by atoms with Gasteiger partial charge in [-0.1, -0.05) is 0 Å². The zero-order chi connectivity index (χ0) is 13.8. The van der Waals surface area contributed by atoms with Gasteiger partial charge < -0.3 is 4.74 Å². The Balaban J connectivity index is 1.90. The van der Waals surface area contributed by atoms with Gasteiger partial charge in [-0.2, -0.15) is 0 Å². The zero-order valence-corrected chi connectivity index (χ0v) is 10.9. The topological polar surface area (TPSA) is 29.5 Å². The fourth-order valence-electron chi connectivity index (χ4n) is 2.21. The van der Waals surface area contributed by atoms with Gasteiger partial charge in [0.15, 0.2) is 5.78 Å². The number of halogens is 2. The molecule has 1 saturated heterocycles. The number of nitrogens with zero attached hydrogens (tertiary/aromatic N) is 1. The van der Waals surface area contributed by atoms with Gasteiger partial charge in [-0.15, -0.1) is 0 Å². The molecule has 0 amide bonds. The Morgan fingerprint density at radius 3 is 2.68 bits per heavy atom. The van der Waals surface area contributed by atoms with E-state index >= 15 is 0 Å². The lowest BCUT2D eigenvalue weighted by atomic mass is 10.1. The summed E-state index contributed by atoms with van der Waals surface area (Å²) in [6.07, 6.45) is 0.422. The highest BCUT2D eigenvalue weighted by molar-refractivity contribution is 5.96. The standard InChI is InChI=1S/C14H17F2NO2/c1-10-9-17(4-5-19-10)3-2-14(18)11-6-12(15)8-13(16)7-11/h6-8,10H,2-5,9H2,1H3. The van der Waals surface area contributed by atoms with Crippen LogP contribution in [0.1, 0.15) is 23.7 Å². The first kappa shape index (κ1) is 14.1. The van der Waals surface area contributed by atoms with E-state index in [4.69, 9.17) is 4.74 Å². The van der Waals surface area contributed by atoms with Crippen molar-refractivity contribution in [2.45, 2.75) is 19.4 Å². The molecule has 2 rings (SSSR count). The number of carbonyl (C=O) groups excluding carboxylic acids is 1. The van der Waals surface area contributed by atoms with Crippen LogP contribution in [0.3, 0.4) is 0 Å². The van der Waals surface area contributed by atoms with Crippen LogP contribution in [0.5, 0.6) is 0 Å². The van der Waals surface area contributed by atoms with Crippen molar-refractivity contribution in [2.24, 2.45) is 0 Å². The summed E-state index contributed by atoms with van der Waals surface area (Å²) in [5, 5.41) is 0. The van der Waals surface area contributed by atoms with Crippen molar-refractivity contribution in [2.75, 3.05) is 26.2 Å². The maximum Gasteiger partial charge on any atom is 0.164 e. The molecular formula is C14H17F2NO2. The Morgan fingerprint density at radius 2 is 2.05 bits per heavy atom. The van der Waals surface area contributed by atoms with Crippen LogP contribution in [0.15, 0.2) is 18.2 Å². The molecule has 1 aromatic rings. The summed E-state index contributed by atoms with van der Waals surface area (Å²) in [6.45, 7) is 4.80. The number of ether oxygens (including phenoxy) is 1. The van der Waals surface area contributed by atoms with Crippen molar-refractivity contribution in [3.8, 4) is 0 Å². The third kappa shape index (κ3) is 4.08. The van der Waals surface area contributed by atoms with E-state index in [1.54, 1.807) is 0 Å². The molecule has 0 saturated carbocycles. The van der Waals surface area contributed by atoms with E-state index in [2.05, 4.69) is 4.90 Å². The molecule has 0 radical (unpaired) electrons. The molecule has 1 fully saturated rings.